The maximum Gasteiger partial charge on any atom is 0.260 e. The van der Waals surface area contributed by atoms with E-state index in [1.165, 1.54) is 6.07 Å². The fourth-order valence-corrected chi connectivity index (χ4v) is 2.58. The van der Waals surface area contributed by atoms with Crippen LogP contribution < -0.4 is 5.32 Å². The van der Waals surface area contributed by atoms with Gasteiger partial charge in [-0.15, -0.1) is 0 Å². The van der Waals surface area contributed by atoms with Gasteiger partial charge in [0.25, 0.3) is 5.89 Å². The van der Waals surface area contributed by atoms with E-state index < -0.39 is 17.5 Å². The van der Waals surface area contributed by atoms with Gasteiger partial charge in [-0.3, -0.25) is 4.79 Å². The van der Waals surface area contributed by atoms with Crippen LogP contribution in [-0.4, -0.2) is 16.0 Å². The second kappa shape index (κ2) is 8.12. The Balaban J connectivity index is 1.87. The molecule has 0 aliphatic heterocycles. The van der Waals surface area contributed by atoms with Gasteiger partial charge in [0.1, 0.15) is 11.6 Å². The second-order valence-electron chi connectivity index (χ2n) is 6.57. The first-order valence-electron chi connectivity index (χ1n) is 8.73. The van der Waals surface area contributed by atoms with Crippen LogP contribution in [0.5, 0.6) is 0 Å². The van der Waals surface area contributed by atoms with Gasteiger partial charge >= 0.3 is 0 Å². The first kappa shape index (κ1) is 19.4. The third-order valence-corrected chi connectivity index (χ3v) is 4.11. The fourth-order valence-electron chi connectivity index (χ4n) is 2.58. The Morgan fingerprint density at radius 1 is 1.14 bits per heavy atom. The lowest BCUT2D eigenvalue weighted by Crippen LogP contribution is -2.10. The zero-order valence-corrected chi connectivity index (χ0v) is 15.7. The number of aromatic nitrogens is 2. The Kier molecular flexibility index (Phi) is 5.63. The standard InChI is InChI=1S/C21H19F2N3O2/c1-12(2)20-25-21(28-26-20)15-7-4-6-13(3)19(15)24-18(27)11-10-14-16(22)8-5-9-17(14)23/h4-12H,1-3H3,(H,24,27)/b11-10+. The van der Waals surface area contributed by atoms with Crippen LogP contribution in [0.2, 0.25) is 0 Å². The molecule has 0 unspecified atom stereocenters. The van der Waals surface area contributed by atoms with Crippen molar-refractivity contribution in [2.75, 3.05) is 5.32 Å². The number of hydrogen-bond acceptors (Lipinski definition) is 4. The molecule has 0 aliphatic carbocycles. The number of para-hydroxylation sites is 1. The summed E-state index contributed by atoms with van der Waals surface area (Å²) in [6, 6.07) is 8.89. The van der Waals surface area contributed by atoms with Crippen LogP contribution >= 0.6 is 0 Å². The van der Waals surface area contributed by atoms with Crippen molar-refractivity contribution < 1.29 is 18.1 Å². The molecule has 144 valence electrons. The van der Waals surface area contributed by atoms with Crippen molar-refractivity contribution in [3.05, 3.63) is 71.1 Å². The molecule has 3 rings (SSSR count). The molecular weight excluding hydrogens is 364 g/mol. The van der Waals surface area contributed by atoms with Crippen molar-refractivity contribution in [1.82, 2.24) is 10.1 Å². The highest BCUT2D eigenvalue weighted by molar-refractivity contribution is 6.04. The van der Waals surface area contributed by atoms with Gasteiger partial charge in [-0.05, 0) is 36.8 Å². The SMILES string of the molecule is Cc1cccc(-c2nc(C(C)C)no2)c1NC(=O)/C=C/c1c(F)cccc1F. The Labute approximate surface area is 161 Å². The molecule has 0 aliphatic rings. The third-order valence-electron chi connectivity index (χ3n) is 4.11. The molecule has 0 saturated carbocycles. The summed E-state index contributed by atoms with van der Waals surface area (Å²) in [4.78, 5) is 16.7. The molecule has 5 nitrogen and oxygen atoms in total. The lowest BCUT2D eigenvalue weighted by Gasteiger charge is -2.10. The van der Waals surface area contributed by atoms with E-state index in [0.717, 1.165) is 29.8 Å². The Hall–Kier alpha value is -3.35. The zero-order valence-electron chi connectivity index (χ0n) is 15.7. The van der Waals surface area contributed by atoms with E-state index in [1.807, 2.05) is 32.9 Å². The number of hydrogen-bond donors (Lipinski definition) is 1. The van der Waals surface area contributed by atoms with Gasteiger partial charge in [0.2, 0.25) is 5.91 Å². The first-order chi connectivity index (χ1) is 13.4. The highest BCUT2D eigenvalue weighted by Crippen LogP contribution is 2.30. The van der Waals surface area contributed by atoms with Crippen LogP contribution in [-0.2, 0) is 4.79 Å². The number of amides is 1. The summed E-state index contributed by atoms with van der Waals surface area (Å²) >= 11 is 0. The second-order valence-corrected chi connectivity index (χ2v) is 6.57. The molecule has 1 amide bonds. The average Bonchev–Trinajstić information content (AvgIpc) is 3.13. The third kappa shape index (κ3) is 4.14. The van der Waals surface area contributed by atoms with Crippen LogP contribution in [0.4, 0.5) is 14.5 Å². The zero-order chi connectivity index (χ0) is 20.3. The number of anilines is 1. The van der Waals surface area contributed by atoms with Crippen molar-refractivity contribution in [3.8, 4) is 11.5 Å². The monoisotopic (exact) mass is 383 g/mol. The van der Waals surface area contributed by atoms with E-state index in [4.69, 9.17) is 4.52 Å². The molecule has 2 aromatic carbocycles. The minimum absolute atomic E-state index is 0.0962. The Bertz CT molecular complexity index is 1020. The summed E-state index contributed by atoms with van der Waals surface area (Å²) < 4.78 is 32.7. The lowest BCUT2D eigenvalue weighted by atomic mass is 10.1. The van der Waals surface area contributed by atoms with Gasteiger partial charge in [-0.2, -0.15) is 4.98 Å². The molecule has 1 heterocycles. The number of halogens is 2. The van der Waals surface area contributed by atoms with Gasteiger partial charge in [-0.25, -0.2) is 8.78 Å². The minimum Gasteiger partial charge on any atom is -0.334 e. The first-order valence-corrected chi connectivity index (χ1v) is 8.73. The van der Waals surface area contributed by atoms with Gasteiger partial charge in [0.05, 0.1) is 11.3 Å². The largest absolute Gasteiger partial charge is 0.334 e. The van der Waals surface area contributed by atoms with Crippen LogP contribution in [0, 0.1) is 18.6 Å². The number of aryl methyl sites for hydroxylation is 1. The lowest BCUT2D eigenvalue weighted by molar-refractivity contribution is -0.111. The molecule has 1 N–H and O–H groups in total. The van der Waals surface area contributed by atoms with E-state index in [1.54, 1.807) is 6.07 Å². The van der Waals surface area contributed by atoms with Crippen LogP contribution in [0.1, 0.15) is 36.7 Å². The molecule has 1 aromatic heterocycles. The van der Waals surface area contributed by atoms with Crippen LogP contribution in [0.15, 0.2) is 47.0 Å². The molecule has 0 saturated heterocycles. The summed E-state index contributed by atoms with van der Waals surface area (Å²) in [5, 5.41) is 6.67. The van der Waals surface area contributed by atoms with Crippen LogP contribution in [0.25, 0.3) is 17.5 Å². The van der Waals surface area contributed by atoms with Crippen LogP contribution in [0.3, 0.4) is 0 Å². The van der Waals surface area contributed by atoms with E-state index in [-0.39, 0.29) is 17.4 Å². The van der Waals surface area contributed by atoms with Crippen molar-refractivity contribution in [3.63, 3.8) is 0 Å². The summed E-state index contributed by atoms with van der Waals surface area (Å²) in [5.74, 6) is -1.09. The van der Waals surface area contributed by atoms with Gasteiger partial charge in [0.15, 0.2) is 5.82 Å². The predicted molar refractivity (Wildman–Crippen MR) is 103 cm³/mol. The fraction of sp³-hybridized carbons (Fsp3) is 0.190. The topological polar surface area (TPSA) is 68.0 Å². The molecule has 0 bridgehead atoms. The van der Waals surface area contributed by atoms with E-state index in [9.17, 15) is 13.6 Å². The van der Waals surface area contributed by atoms with E-state index in [0.29, 0.717) is 17.1 Å². The maximum atomic E-state index is 13.7. The maximum absolute atomic E-state index is 13.7. The molecule has 0 spiro atoms. The van der Waals surface area contributed by atoms with Crippen molar-refractivity contribution in [2.45, 2.75) is 26.7 Å². The van der Waals surface area contributed by atoms with Gasteiger partial charge in [0, 0.05) is 17.6 Å². The van der Waals surface area contributed by atoms with E-state index in [2.05, 4.69) is 15.5 Å². The highest BCUT2D eigenvalue weighted by atomic mass is 19.1. The molecule has 28 heavy (non-hydrogen) atoms. The number of nitrogens with zero attached hydrogens (tertiary/aromatic N) is 2. The molecule has 0 atom stereocenters. The van der Waals surface area contributed by atoms with Crippen molar-refractivity contribution >= 4 is 17.7 Å². The summed E-state index contributed by atoms with van der Waals surface area (Å²) in [6.07, 6.45) is 2.17. The summed E-state index contributed by atoms with van der Waals surface area (Å²) in [5.41, 5.74) is 1.56. The number of benzene rings is 2. The van der Waals surface area contributed by atoms with Gasteiger partial charge in [-0.1, -0.05) is 37.2 Å². The Morgan fingerprint density at radius 2 is 1.82 bits per heavy atom. The highest BCUT2D eigenvalue weighted by Gasteiger charge is 2.17. The average molecular weight is 383 g/mol. The van der Waals surface area contributed by atoms with Gasteiger partial charge < -0.3 is 9.84 Å². The number of carbonyl (C=O) groups is 1. The van der Waals surface area contributed by atoms with Crippen molar-refractivity contribution in [1.29, 1.82) is 0 Å². The molecule has 0 fully saturated rings. The summed E-state index contributed by atoms with van der Waals surface area (Å²) in [6.45, 7) is 5.71. The number of nitrogens with one attached hydrogen (secondary N) is 1. The molecule has 0 radical (unpaired) electrons. The quantitative estimate of drug-likeness (QED) is 0.623. The number of rotatable bonds is 5. The molecule has 3 aromatic rings. The molecule has 7 heteroatoms. The summed E-state index contributed by atoms with van der Waals surface area (Å²) in [7, 11) is 0. The number of carbonyl (C=O) groups excluding carboxylic acids is 1. The smallest absolute Gasteiger partial charge is 0.260 e. The van der Waals surface area contributed by atoms with E-state index >= 15 is 0 Å². The predicted octanol–water partition coefficient (Wildman–Crippen LogP) is 5.10. The molecular formula is C21H19F2N3O2. The normalized spacial score (nSPS) is 11.4. The van der Waals surface area contributed by atoms with Crippen molar-refractivity contribution in [2.24, 2.45) is 0 Å². The minimum atomic E-state index is -0.743. The Morgan fingerprint density at radius 3 is 2.46 bits per heavy atom.